The average molecular weight is 377 g/mol. The molecule has 2 N–H and O–H groups in total. The standard InChI is InChI=1S/C26H32O2/c1-14-9-16(3)24(27)20(11-14)23(21-12-15(2)10-17(4)25(21)28)19-13-18-7-8-22(19)26(18,5)6/h7-12,18-19,22-23,27-28H,13H2,1-6H3. The first-order valence-electron chi connectivity index (χ1n) is 10.4. The molecule has 2 aliphatic rings. The number of allylic oxidation sites excluding steroid dienone is 2. The van der Waals surface area contributed by atoms with Crippen LogP contribution in [0.4, 0.5) is 0 Å². The van der Waals surface area contributed by atoms with Crippen LogP contribution in [0.2, 0.25) is 0 Å². The molecule has 0 amide bonds. The van der Waals surface area contributed by atoms with Crippen LogP contribution in [-0.2, 0) is 0 Å². The highest BCUT2D eigenvalue weighted by molar-refractivity contribution is 5.54. The number of aromatic hydroxyl groups is 2. The van der Waals surface area contributed by atoms with Gasteiger partial charge in [0.1, 0.15) is 11.5 Å². The van der Waals surface area contributed by atoms with Crippen molar-refractivity contribution in [1.29, 1.82) is 0 Å². The fourth-order valence-electron chi connectivity index (χ4n) is 5.95. The predicted molar refractivity (Wildman–Crippen MR) is 115 cm³/mol. The third-order valence-corrected chi connectivity index (χ3v) is 7.40. The average Bonchev–Trinajstić information content (AvgIpc) is 3.03. The predicted octanol–water partition coefficient (Wildman–Crippen LogP) is 6.31. The number of hydrogen-bond donors (Lipinski definition) is 2. The number of aryl methyl sites for hydroxylation is 4. The molecule has 0 spiro atoms. The van der Waals surface area contributed by atoms with Gasteiger partial charge in [0.15, 0.2) is 0 Å². The zero-order valence-corrected chi connectivity index (χ0v) is 17.9. The molecule has 3 unspecified atom stereocenters. The van der Waals surface area contributed by atoms with Crippen molar-refractivity contribution in [3.63, 3.8) is 0 Å². The SMILES string of the molecule is Cc1cc(C)c(O)c(C(c2cc(C)cc(C)c2O)C2CC3C=CC2C3(C)C)c1. The molecule has 2 aliphatic carbocycles. The van der Waals surface area contributed by atoms with Gasteiger partial charge in [-0.05, 0) is 68.4 Å². The Kier molecular flexibility index (Phi) is 4.37. The lowest BCUT2D eigenvalue weighted by Gasteiger charge is -2.33. The maximum Gasteiger partial charge on any atom is 0.122 e. The second kappa shape index (κ2) is 6.40. The van der Waals surface area contributed by atoms with Gasteiger partial charge >= 0.3 is 0 Å². The molecule has 0 aromatic heterocycles. The molecule has 2 heteroatoms. The van der Waals surface area contributed by atoms with Crippen molar-refractivity contribution in [3.05, 3.63) is 69.8 Å². The minimum absolute atomic E-state index is 0.0172. The van der Waals surface area contributed by atoms with Crippen LogP contribution in [0.15, 0.2) is 36.4 Å². The summed E-state index contributed by atoms with van der Waals surface area (Å²) in [6, 6.07) is 8.30. The lowest BCUT2D eigenvalue weighted by molar-refractivity contribution is 0.249. The Balaban J connectivity index is 1.95. The molecule has 0 radical (unpaired) electrons. The van der Waals surface area contributed by atoms with Crippen molar-refractivity contribution in [3.8, 4) is 11.5 Å². The smallest absolute Gasteiger partial charge is 0.122 e. The second-order valence-corrected chi connectivity index (χ2v) is 9.76. The first kappa shape index (κ1) is 19.1. The Labute approximate surface area is 168 Å². The van der Waals surface area contributed by atoms with Gasteiger partial charge in [0.2, 0.25) is 0 Å². The van der Waals surface area contributed by atoms with E-state index in [4.69, 9.17) is 0 Å². The summed E-state index contributed by atoms with van der Waals surface area (Å²) in [6.07, 6.45) is 5.85. The zero-order chi connectivity index (χ0) is 20.4. The number of hydrogen-bond acceptors (Lipinski definition) is 2. The van der Waals surface area contributed by atoms with E-state index < -0.39 is 0 Å². The molecule has 0 heterocycles. The van der Waals surface area contributed by atoms with Gasteiger partial charge in [0.25, 0.3) is 0 Å². The van der Waals surface area contributed by atoms with E-state index >= 15 is 0 Å². The highest BCUT2D eigenvalue weighted by Gasteiger charge is 2.53. The van der Waals surface area contributed by atoms with E-state index in [0.29, 0.717) is 29.3 Å². The highest BCUT2D eigenvalue weighted by atomic mass is 16.3. The zero-order valence-electron chi connectivity index (χ0n) is 17.9. The molecule has 28 heavy (non-hydrogen) atoms. The summed E-state index contributed by atoms with van der Waals surface area (Å²) < 4.78 is 0. The van der Waals surface area contributed by atoms with Crippen LogP contribution in [0, 0.1) is 50.9 Å². The monoisotopic (exact) mass is 376 g/mol. The molecule has 148 valence electrons. The molecule has 1 fully saturated rings. The van der Waals surface area contributed by atoms with Crippen LogP contribution in [0.5, 0.6) is 11.5 Å². The summed E-state index contributed by atoms with van der Waals surface area (Å²) in [7, 11) is 0. The van der Waals surface area contributed by atoms with E-state index in [1.807, 2.05) is 26.0 Å². The van der Waals surface area contributed by atoms with Crippen molar-refractivity contribution in [2.75, 3.05) is 0 Å². The Bertz CT molecular complexity index is 909. The van der Waals surface area contributed by atoms with Crippen molar-refractivity contribution in [2.24, 2.45) is 23.2 Å². The number of phenolic OH excluding ortho intramolecular Hbond substituents is 2. The molecule has 0 aliphatic heterocycles. The third kappa shape index (κ3) is 2.77. The topological polar surface area (TPSA) is 40.5 Å². The quantitative estimate of drug-likeness (QED) is 0.616. The van der Waals surface area contributed by atoms with E-state index in [-0.39, 0.29) is 11.3 Å². The molecule has 2 nitrogen and oxygen atoms in total. The van der Waals surface area contributed by atoms with E-state index in [2.05, 4.69) is 52.0 Å². The Morgan fingerprint density at radius 3 is 1.71 bits per heavy atom. The Hall–Kier alpha value is -2.22. The van der Waals surface area contributed by atoms with Gasteiger partial charge in [-0.1, -0.05) is 61.4 Å². The summed E-state index contributed by atoms with van der Waals surface area (Å²) in [6.45, 7) is 12.8. The maximum atomic E-state index is 11.0. The third-order valence-electron chi connectivity index (χ3n) is 7.40. The first-order chi connectivity index (χ1) is 13.1. The largest absolute Gasteiger partial charge is 0.507 e. The van der Waals surface area contributed by atoms with Crippen LogP contribution >= 0.6 is 0 Å². The molecule has 2 bridgehead atoms. The minimum Gasteiger partial charge on any atom is -0.507 e. The van der Waals surface area contributed by atoms with E-state index in [9.17, 15) is 10.2 Å². The molecule has 0 saturated heterocycles. The van der Waals surface area contributed by atoms with E-state index in [1.165, 1.54) is 0 Å². The second-order valence-electron chi connectivity index (χ2n) is 9.76. The fourth-order valence-corrected chi connectivity index (χ4v) is 5.95. The summed E-state index contributed by atoms with van der Waals surface area (Å²) >= 11 is 0. The molecule has 4 rings (SSSR count). The Morgan fingerprint density at radius 1 is 0.821 bits per heavy atom. The van der Waals surface area contributed by atoms with Crippen LogP contribution in [0.1, 0.15) is 59.6 Å². The molecule has 2 aromatic carbocycles. The number of phenols is 2. The summed E-state index contributed by atoms with van der Waals surface area (Å²) in [5, 5.41) is 22.1. The molecule has 3 atom stereocenters. The van der Waals surface area contributed by atoms with Crippen molar-refractivity contribution in [2.45, 2.75) is 53.9 Å². The van der Waals surface area contributed by atoms with Gasteiger partial charge in [0.05, 0.1) is 0 Å². The lowest BCUT2D eigenvalue weighted by Crippen LogP contribution is -2.24. The summed E-state index contributed by atoms with van der Waals surface area (Å²) in [5.74, 6) is 2.10. The highest BCUT2D eigenvalue weighted by Crippen LogP contribution is 2.62. The van der Waals surface area contributed by atoms with Crippen LogP contribution < -0.4 is 0 Å². The lowest BCUT2D eigenvalue weighted by atomic mass is 9.70. The Morgan fingerprint density at radius 2 is 1.32 bits per heavy atom. The van der Waals surface area contributed by atoms with Crippen LogP contribution in [0.25, 0.3) is 0 Å². The van der Waals surface area contributed by atoms with Crippen molar-refractivity contribution >= 4 is 0 Å². The van der Waals surface area contributed by atoms with E-state index in [1.54, 1.807) is 0 Å². The molecule has 2 aromatic rings. The summed E-state index contributed by atoms with van der Waals surface area (Å²) in [4.78, 5) is 0. The van der Waals surface area contributed by atoms with Crippen molar-refractivity contribution < 1.29 is 10.2 Å². The van der Waals surface area contributed by atoms with Gasteiger partial charge in [-0.2, -0.15) is 0 Å². The van der Waals surface area contributed by atoms with Gasteiger partial charge in [0, 0.05) is 17.0 Å². The minimum atomic E-state index is -0.0172. The van der Waals surface area contributed by atoms with Gasteiger partial charge in [-0.25, -0.2) is 0 Å². The molecule has 1 saturated carbocycles. The number of fused-ring (bicyclic) bond motifs is 2. The first-order valence-corrected chi connectivity index (χ1v) is 10.4. The van der Waals surface area contributed by atoms with Gasteiger partial charge in [-0.15, -0.1) is 0 Å². The number of rotatable bonds is 3. The fraction of sp³-hybridized carbons (Fsp3) is 0.462. The summed E-state index contributed by atoms with van der Waals surface area (Å²) in [5.41, 5.74) is 6.25. The van der Waals surface area contributed by atoms with E-state index in [0.717, 1.165) is 39.8 Å². The van der Waals surface area contributed by atoms with Crippen LogP contribution in [-0.4, -0.2) is 10.2 Å². The van der Waals surface area contributed by atoms with Crippen molar-refractivity contribution in [1.82, 2.24) is 0 Å². The molecular weight excluding hydrogens is 344 g/mol. The van der Waals surface area contributed by atoms with Gasteiger partial charge < -0.3 is 10.2 Å². The molecular formula is C26H32O2. The van der Waals surface area contributed by atoms with Crippen LogP contribution in [0.3, 0.4) is 0 Å². The number of benzene rings is 2. The van der Waals surface area contributed by atoms with Gasteiger partial charge in [-0.3, -0.25) is 0 Å². The maximum absolute atomic E-state index is 11.0. The normalized spacial score (nSPS) is 25.0.